The van der Waals surface area contributed by atoms with Crippen LogP contribution in [-0.4, -0.2) is 101 Å². The Kier molecular flexibility index (Phi) is 19.0. The van der Waals surface area contributed by atoms with Gasteiger partial charge in [-0.25, -0.2) is 0 Å². The SMILES string of the molecule is CCC(c1cc(C(C)(C)C)c(O)c(C(C)(C)C)c1)P(=O)([O-])[O-].CCC(c1cc(C(C)(C)C)c(O)c(C(C)(C)C)c1)P(=O)([O-])[O-].[Sr+2].[Sr+2]. The molecule has 2 aromatic rings. The summed E-state index contributed by atoms with van der Waals surface area (Å²) < 4.78 is 23.2. The van der Waals surface area contributed by atoms with E-state index in [2.05, 4.69) is 0 Å². The number of phenols is 2. The zero-order valence-electron chi connectivity index (χ0n) is 30.5. The standard InChI is InChI=1S/2C17H29O4P.2Sr/c2*1-8-14(22(19,20)21)11-9-12(16(2,3)4)15(18)13(10-11)17(5,6)7;;/h2*9-10,14,18H,8H2,1-7H3,(H2,19,20,21);;/q;;2*+2/p-4. The first-order valence-electron chi connectivity index (χ1n) is 15.2. The van der Waals surface area contributed by atoms with Crippen LogP contribution in [0.2, 0.25) is 0 Å². The van der Waals surface area contributed by atoms with E-state index in [1.165, 1.54) is 0 Å². The molecule has 0 fully saturated rings. The number of benzene rings is 2. The van der Waals surface area contributed by atoms with Gasteiger partial charge < -0.3 is 38.9 Å². The largest absolute Gasteiger partial charge is 2.00 e. The summed E-state index contributed by atoms with van der Waals surface area (Å²) in [4.78, 5) is 46.3. The van der Waals surface area contributed by atoms with Gasteiger partial charge in [-0.2, -0.15) is 0 Å². The molecule has 12 heteroatoms. The molecule has 0 amide bonds. The van der Waals surface area contributed by atoms with Gasteiger partial charge in [-0.05, 0) is 67.9 Å². The Balaban J connectivity index is 0. The van der Waals surface area contributed by atoms with E-state index in [9.17, 15) is 38.9 Å². The summed E-state index contributed by atoms with van der Waals surface area (Å²) in [6.07, 6.45) is 0.449. The van der Waals surface area contributed by atoms with E-state index in [-0.39, 0.29) is 137 Å². The summed E-state index contributed by atoms with van der Waals surface area (Å²) in [5.41, 5.74) is 0.0924. The minimum Gasteiger partial charge on any atom is -0.810 e. The van der Waals surface area contributed by atoms with E-state index in [0.717, 1.165) is 0 Å². The quantitative estimate of drug-likeness (QED) is 0.267. The third-order valence-electron chi connectivity index (χ3n) is 7.80. The predicted octanol–water partition coefficient (Wildman–Crippen LogP) is 5.94. The molecular weight excluding hydrogens is 774 g/mol. The van der Waals surface area contributed by atoms with Crippen molar-refractivity contribution < 1.29 is 38.9 Å². The average Bonchev–Trinajstić information content (AvgIpc) is 2.77. The third-order valence-corrected chi connectivity index (χ3v) is 10.7. The van der Waals surface area contributed by atoms with Crippen LogP contribution in [-0.2, 0) is 30.8 Å². The van der Waals surface area contributed by atoms with Gasteiger partial charge >= 0.3 is 91.0 Å². The van der Waals surface area contributed by atoms with Gasteiger partial charge in [0.15, 0.2) is 0 Å². The molecule has 0 heterocycles. The molecule has 0 spiro atoms. The summed E-state index contributed by atoms with van der Waals surface area (Å²) >= 11 is 0. The first kappa shape index (κ1) is 49.4. The van der Waals surface area contributed by atoms with Gasteiger partial charge in [0.25, 0.3) is 0 Å². The first-order valence-corrected chi connectivity index (χ1v) is 18.4. The molecule has 2 unspecified atom stereocenters. The van der Waals surface area contributed by atoms with Crippen LogP contribution in [0.15, 0.2) is 24.3 Å². The van der Waals surface area contributed by atoms with Crippen molar-refractivity contribution in [1.82, 2.24) is 0 Å². The summed E-state index contributed by atoms with van der Waals surface area (Å²) in [6, 6.07) is 6.67. The molecule has 0 radical (unpaired) electrons. The van der Waals surface area contributed by atoms with Gasteiger partial charge in [0.05, 0.1) is 0 Å². The predicted molar refractivity (Wildman–Crippen MR) is 184 cm³/mol. The maximum Gasteiger partial charge on any atom is 2.00 e. The van der Waals surface area contributed by atoms with E-state index in [1.807, 2.05) is 83.1 Å². The van der Waals surface area contributed by atoms with Crippen LogP contribution in [0.3, 0.4) is 0 Å². The Hall–Kier alpha value is 1.30. The average molecular weight is 828 g/mol. The van der Waals surface area contributed by atoms with Gasteiger partial charge in [0, 0.05) is 11.3 Å². The van der Waals surface area contributed by atoms with E-state index in [4.69, 9.17) is 0 Å². The Morgan fingerprint density at radius 2 is 0.696 bits per heavy atom. The molecule has 0 aliphatic rings. The normalized spacial score (nSPS) is 14.3. The van der Waals surface area contributed by atoms with Crippen molar-refractivity contribution in [3.63, 3.8) is 0 Å². The van der Waals surface area contributed by atoms with Crippen molar-refractivity contribution in [3.8, 4) is 11.5 Å². The van der Waals surface area contributed by atoms with E-state index < -0.39 is 26.5 Å². The Morgan fingerprint density at radius 1 is 0.522 bits per heavy atom. The van der Waals surface area contributed by atoms with E-state index in [0.29, 0.717) is 33.4 Å². The van der Waals surface area contributed by atoms with Crippen molar-refractivity contribution in [1.29, 1.82) is 0 Å². The van der Waals surface area contributed by atoms with Crippen molar-refractivity contribution >= 4 is 106 Å². The zero-order valence-corrected chi connectivity index (χ0v) is 39.3. The minimum absolute atomic E-state index is 0. The smallest absolute Gasteiger partial charge is 0.810 e. The number of phenolic OH excluding ortho intramolecular Hbond substituents is 2. The molecule has 2 atom stereocenters. The molecule has 252 valence electrons. The summed E-state index contributed by atoms with van der Waals surface area (Å²) in [5.74, 6) is 0.371. The Labute approximate surface area is 352 Å². The minimum atomic E-state index is -4.74. The van der Waals surface area contributed by atoms with Gasteiger partial charge in [0.2, 0.25) is 0 Å². The molecule has 0 bridgehead atoms. The zero-order chi connectivity index (χ0) is 35.0. The Morgan fingerprint density at radius 3 is 0.804 bits per heavy atom. The van der Waals surface area contributed by atoms with Gasteiger partial charge in [0.1, 0.15) is 11.5 Å². The third kappa shape index (κ3) is 13.5. The van der Waals surface area contributed by atoms with Gasteiger partial charge in [-0.3, -0.25) is 0 Å². The topological polar surface area (TPSA) is 167 Å². The molecule has 2 rings (SSSR count). The summed E-state index contributed by atoms with van der Waals surface area (Å²) in [5, 5.41) is 21.2. The number of rotatable bonds is 6. The molecule has 46 heavy (non-hydrogen) atoms. The van der Waals surface area contributed by atoms with Crippen LogP contribution in [0, 0.1) is 0 Å². The Bertz CT molecular complexity index is 1220. The molecule has 0 aliphatic heterocycles. The summed E-state index contributed by atoms with van der Waals surface area (Å²) in [6.45, 7) is 26.8. The summed E-state index contributed by atoms with van der Waals surface area (Å²) in [7, 11) is -9.48. The van der Waals surface area contributed by atoms with Gasteiger partial charge in [-0.15, -0.1) is 0 Å². The van der Waals surface area contributed by atoms with Crippen molar-refractivity contribution in [3.05, 3.63) is 57.6 Å². The molecule has 0 saturated carbocycles. The fourth-order valence-electron chi connectivity index (χ4n) is 5.27. The van der Waals surface area contributed by atoms with Gasteiger partial charge in [-0.1, -0.05) is 136 Å². The second-order valence-electron chi connectivity index (χ2n) is 15.9. The van der Waals surface area contributed by atoms with Crippen LogP contribution in [0.1, 0.15) is 154 Å². The maximum atomic E-state index is 11.6. The molecule has 0 saturated heterocycles. The fourth-order valence-corrected chi connectivity index (χ4v) is 7.19. The number of hydrogen-bond acceptors (Lipinski definition) is 8. The van der Waals surface area contributed by atoms with E-state index in [1.54, 1.807) is 38.1 Å². The molecule has 0 aromatic heterocycles. The second kappa shape index (κ2) is 17.7. The van der Waals surface area contributed by atoms with Crippen LogP contribution in [0.25, 0.3) is 0 Å². The maximum absolute atomic E-state index is 11.6. The molecular formula is C34H54O8P2Sr2. The molecule has 2 N–H and O–H groups in total. The van der Waals surface area contributed by atoms with Crippen LogP contribution in [0.4, 0.5) is 0 Å². The number of aromatic hydroxyl groups is 2. The van der Waals surface area contributed by atoms with Crippen molar-refractivity contribution in [2.45, 2.75) is 143 Å². The molecule has 0 aliphatic carbocycles. The molecule has 8 nitrogen and oxygen atoms in total. The fraction of sp³-hybridized carbons (Fsp3) is 0.647. The van der Waals surface area contributed by atoms with Crippen LogP contribution >= 0.6 is 15.2 Å². The van der Waals surface area contributed by atoms with Crippen LogP contribution < -0.4 is 19.6 Å². The van der Waals surface area contributed by atoms with E-state index >= 15 is 0 Å². The second-order valence-corrected chi connectivity index (χ2v) is 19.3. The number of hydrogen-bond donors (Lipinski definition) is 2. The van der Waals surface area contributed by atoms with Crippen LogP contribution in [0.5, 0.6) is 11.5 Å². The van der Waals surface area contributed by atoms with Crippen molar-refractivity contribution in [2.75, 3.05) is 0 Å². The first-order chi connectivity index (χ1) is 19.4. The monoisotopic (exact) mass is 828 g/mol. The van der Waals surface area contributed by atoms with Crippen molar-refractivity contribution in [2.24, 2.45) is 0 Å². The molecule has 2 aromatic carbocycles.